The Bertz CT molecular complexity index is 1740. The average Bonchev–Trinajstić information content (AvgIpc) is 3.30. The number of piperidine rings is 1. The standard InChI is InChI=1S/C34H34N2O5S/c1-41-22-8-20-35-31-19-16-26(28-11-7-12-29(33(28)31)34(35)38)23-32(37)30-13-5-6-21-36(30)42(39,40)27-17-14-25(15-18-27)24-9-3-2-4-10-24/h2-4,7,9-12,14-19,30H,5-6,8,13,20-23H2,1H3. The largest absolute Gasteiger partial charge is 0.385 e. The molecule has 0 bridgehead atoms. The van der Waals surface area contributed by atoms with Crippen molar-refractivity contribution < 1.29 is 22.7 Å². The Balaban J connectivity index is 1.26. The van der Waals surface area contributed by atoms with Gasteiger partial charge in [-0.2, -0.15) is 4.31 Å². The normalized spacial score (nSPS) is 17.2. The topological polar surface area (TPSA) is 84.0 Å². The fraction of sp³-hybridized carbons (Fsp3) is 0.294. The molecule has 6 rings (SSSR count). The number of anilines is 1. The Kier molecular flexibility index (Phi) is 7.94. The molecular formula is C34H34N2O5S. The second-order valence-corrected chi connectivity index (χ2v) is 12.8. The van der Waals surface area contributed by atoms with Crippen LogP contribution in [0.15, 0.2) is 89.8 Å². The molecule has 4 aromatic carbocycles. The van der Waals surface area contributed by atoms with Crippen molar-refractivity contribution in [2.24, 2.45) is 0 Å². The van der Waals surface area contributed by atoms with Gasteiger partial charge >= 0.3 is 0 Å². The van der Waals surface area contributed by atoms with Crippen molar-refractivity contribution in [3.63, 3.8) is 0 Å². The fourth-order valence-corrected chi connectivity index (χ4v) is 7.93. The highest BCUT2D eigenvalue weighted by Gasteiger charge is 2.38. The number of ketones is 1. The van der Waals surface area contributed by atoms with Gasteiger partial charge in [-0.1, -0.05) is 67.1 Å². The van der Waals surface area contributed by atoms with Crippen LogP contribution in [0.2, 0.25) is 0 Å². The van der Waals surface area contributed by atoms with Crippen LogP contribution in [0.3, 0.4) is 0 Å². The third-order valence-electron chi connectivity index (χ3n) is 8.36. The van der Waals surface area contributed by atoms with Crippen LogP contribution in [0, 0.1) is 0 Å². The van der Waals surface area contributed by atoms with E-state index in [1.54, 1.807) is 24.1 Å². The molecule has 1 atom stereocenters. The minimum absolute atomic E-state index is 0.0435. The number of methoxy groups -OCH3 is 1. The van der Waals surface area contributed by atoms with Gasteiger partial charge in [-0.05, 0) is 65.6 Å². The molecule has 1 saturated heterocycles. The molecule has 7 nitrogen and oxygen atoms in total. The quantitative estimate of drug-likeness (QED) is 0.219. The van der Waals surface area contributed by atoms with Gasteiger partial charge < -0.3 is 9.64 Å². The van der Waals surface area contributed by atoms with Crippen LogP contribution in [0.5, 0.6) is 0 Å². The van der Waals surface area contributed by atoms with E-state index in [2.05, 4.69) is 0 Å². The second-order valence-electron chi connectivity index (χ2n) is 10.9. The zero-order valence-electron chi connectivity index (χ0n) is 23.7. The highest BCUT2D eigenvalue weighted by Crippen LogP contribution is 2.39. The number of carbonyl (C=O) groups excluding carboxylic acids is 2. The first-order valence-corrected chi connectivity index (χ1v) is 15.9. The molecule has 0 radical (unpaired) electrons. The number of hydrogen-bond donors (Lipinski definition) is 0. The molecule has 4 aromatic rings. The molecule has 2 aliphatic rings. The maximum atomic E-state index is 13.8. The maximum absolute atomic E-state index is 13.8. The summed E-state index contributed by atoms with van der Waals surface area (Å²) in [6.45, 7) is 1.43. The van der Waals surface area contributed by atoms with Crippen molar-refractivity contribution in [1.29, 1.82) is 0 Å². The summed E-state index contributed by atoms with van der Waals surface area (Å²) in [5, 5.41) is 1.72. The third kappa shape index (κ3) is 5.15. The van der Waals surface area contributed by atoms with Crippen molar-refractivity contribution in [3.8, 4) is 11.1 Å². The lowest BCUT2D eigenvalue weighted by Crippen LogP contribution is -2.48. The molecule has 0 N–H and O–H groups in total. The molecule has 0 aromatic heterocycles. The number of Topliss-reactive ketones (excluding diaryl/α,β-unsaturated/α-hetero) is 1. The van der Waals surface area contributed by atoms with Crippen LogP contribution in [-0.2, 0) is 26.0 Å². The van der Waals surface area contributed by atoms with E-state index in [0.717, 1.165) is 46.0 Å². The van der Waals surface area contributed by atoms with Gasteiger partial charge in [-0.25, -0.2) is 8.42 Å². The molecule has 0 spiro atoms. The van der Waals surface area contributed by atoms with Crippen LogP contribution >= 0.6 is 0 Å². The fourth-order valence-electron chi connectivity index (χ4n) is 6.25. The molecule has 216 valence electrons. The number of sulfonamides is 1. The summed E-state index contributed by atoms with van der Waals surface area (Å²) in [4.78, 5) is 29.0. The predicted octanol–water partition coefficient (Wildman–Crippen LogP) is 5.86. The summed E-state index contributed by atoms with van der Waals surface area (Å²) in [6, 6.07) is 25.4. The number of carbonyl (C=O) groups is 2. The Morgan fingerprint density at radius 1 is 0.905 bits per heavy atom. The predicted molar refractivity (Wildman–Crippen MR) is 164 cm³/mol. The molecule has 42 heavy (non-hydrogen) atoms. The summed E-state index contributed by atoms with van der Waals surface area (Å²) >= 11 is 0. The lowest BCUT2D eigenvalue weighted by Gasteiger charge is -2.34. The first-order chi connectivity index (χ1) is 20.4. The second kappa shape index (κ2) is 11.8. The van der Waals surface area contributed by atoms with Crippen molar-refractivity contribution in [1.82, 2.24) is 4.31 Å². The molecular weight excluding hydrogens is 548 g/mol. The zero-order chi connectivity index (χ0) is 29.3. The van der Waals surface area contributed by atoms with Crippen molar-refractivity contribution in [3.05, 3.63) is 96.1 Å². The summed E-state index contributed by atoms with van der Waals surface area (Å²) in [5.74, 6) is -0.167. The molecule has 1 unspecified atom stereocenters. The van der Waals surface area contributed by atoms with Crippen LogP contribution in [0.25, 0.3) is 21.9 Å². The minimum atomic E-state index is -3.87. The zero-order valence-corrected chi connectivity index (χ0v) is 24.5. The van der Waals surface area contributed by atoms with Crippen LogP contribution in [-0.4, -0.2) is 57.3 Å². The number of benzene rings is 4. The number of hydrogen-bond acceptors (Lipinski definition) is 5. The van der Waals surface area contributed by atoms with E-state index in [1.807, 2.05) is 72.8 Å². The molecule has 0 aliphatic carbocycles. The van der Waals surface area contributed by atoms with Crippen LogP contribution in [0.1, 0.15) is 41.6 Å². The van der Waals surface area contributed by atoms with E-state index in [-0.39, 0.29) is 23.0 Å². The molecule has 2 aliphatic heterocycles. The summed E-state index contributed by atoms with van der Waals surface area (Å²) in [7, 11) is -2.22. The SMILES string of the molecule is COCCCN1C(=O)c2cccc3c(CC(=O)C4CCCCN4S(=O)(=O)c4ccc(-c5ccccc5)cc4)ccc1c23. The van der Waals surface area contributed by atoms with E-state index in [9.17, 15) is 18.0 Å². The van der Waals surface area contributed by atoms with Gasteiger partial charge in [0.05, 0.1) is 16.6 Å². The Labute approximate surface area is 246 Å². The molecule has 1 fully saturated rings. The van der Waals surface area contributed by atoms with Crippen molar-refractivity contribution in [2.75, 3.05) is 31.7 Å². The summed E-state index contributed by atoms with van der Waals surface area (Å²) in [5.41, 5.74) is 4.23. The number of rotatable bonds is 10. The van der Waals surface area contributed by atoms with E-state index >= 15 is 0 Å². The van der Waals surface area contributed by atoms with Crippen molar-refractivity contribution >= 4 is 38.2 Å². The number of amides is 1. The molecule has 0 saturated carbocycles. The van der Waals surface area contributed by atoms with Gasteiger partial charge in [-0.3, -0.25) is 9.59 Å². The summed E-state index contributed by atoms with van der Waals surface area (Å²) in [6.07, 6.45) is 2.82. The van der Waals surface area contributed by atoms with E-state index in [0.29, 0.717) is 38.1 Å². The van der Waals surface area contributed by atoms with Crippen molar-refractivity contribution in [2.45, 2.75) is 43.0 Å². The van der Waals surface area contributed by atoms with Gasteiger partial charge in [0.1, 0.15) is 0 Å². The van der Waals surface area contributed by atoms with E-state index in [4.69, 9.17) is 4.74 Å². The van der Waals surface area contributed by atoms with Gasteiger partial charge in [0, 0.05) is 44.2 Å². The smallest absolute Gasteiger partial charge is 0.258 e. The third-order valence-corrected chi connectivity index (χ3v) is 10.3. The van der Waals surface area contributed by atoms with Gasteiger partial charge in [-0.15, -0.1) is 0 Å². The lowest BCUT2D eigenvalue weighted by molar-refractivity contribution is -0.122. The monoisotopic (exact) mass is 582 g/mol. The molecule has 2 heterocycles. The molecule has 8 heteroatoms. The Hall–Kier alpha value is -3.85. The van der Waals surface area contributed by atoms with Crippen LogP contribution in [0.4, 0.5) is 5.69 Å². The van der Waals surface area contributed by atoms with E-state index in [1.165, 1.54) is 4.31 Å². The molecule has 1 amide bonds. The Morgan fingerprint density at radius 3 is 2.43 bits per heavy atom. The van der Waals surface area contributed by atoms with Gasteiger partial charge in [0.15, 0.2) is 5.78 Å². The minimum Gasteiger partial charge on any atom is -0.385 e. The van der Waals surface area contributed by atoms with Gasteiger partial charge in [0.25, 0.3) is 5.91 Å². The Morgan fingerprint density at radius 2 is 1.67 bits per heavy atom. The first kappa shape index (κ1) is 28.3. The number of nitrogens with zero attached hydrogens (tertiary/aromatic N) is 2. The van der Waals surface area contributed by atoms with E-state index < -0.39 is 16.1 Å². The van der Waals surface area contributed by atoms with Gasteiger partial charge in [0.2, 0.25) is 10.0 Å². The maximum Gasteiger partial charge on any atom is 0.258 e. The highest BCUT2D eigenvalue weighted by atomic mass is 32.2. The first-order valence-electron chi connectivity index (χ1n) is 14.5. The highest BCUT2D eigenvalue weighted by molar-refractivity contribution is 7.89. The average molecular weight is 583 g/mol. The lowest BCUT2D eigenvalue weighted by atomic mass is 9.93. The van der Waals surface area contributed by atoms with Crippen LogP contribution < -0.4 is 4.90 Å². The summed E-state index contributed by atoms with van der Waals surface area (Å²) < 4.78 is 34.2. The number of ether oxygens (including phenoxy) is 1.